The summed E-state index contributed by atoms with van der Waals surface area (Å²) < 4.78 is 0. The predicted molar refractivity (Wildman–Crippen MR) is 100 cm³/mol. The Morgan fingerprint density at radius 2 is 1.44 bits per heavy atom. The zero-order valence-corrected chi connectivity index (χ0v) is 15.4. The molecule has 1 aromatic rings. The van der Waals surface area contributed by atoms with Crippen molar-refractivity contribution in [3.63, 3.8) is 0 Å². The van der Waals surface area contributed by atoms with Gasteiger partial charge in [0.25, 0.3) is 0 Å². The van der Waals surface area contributed by atoms with Crippen molar-refractivity contribution in [2.24, 2.45) is 5.92 Å². The summed E-state index contributed by atoms with van der Waals surface area (Å²) in [6.07, 6.45) is 3.49. The number of amides is 3. The molecule has 0 saturated carbocycles. The highest BCUT2D eigenvalue weighted by Crippen LogP contribution is 2.15. The van der Waals surface area contributed by atoms with E-state index in [1.807, 2.05) is 13.8 Å². The third kappa shape index (κ3) is 10.2. The van der Waals surface area contributed by atoms with Crippen molar-refractivity contribution in [2.75, 3.05) is 17.2 Å². The molecule has 0 saturated heterocycles. The van der Waals surface area contributed by atoms with Crippen molar-refractivity contribution in [1.29, 1.82) is 0 Å². The van der Waals surface area contributed by atoms with E-state index < -0.39 is 0 Å². The Morgan fingerprint density at radius 1 is 0.880 bits per heavy atom. The second kappa shape index (κ2) is 11.2. The summed E-state index contributed by atoms with van der Waals surface area (Å²) in [5, 5.41) is 8.41. The molecule has 6 nitrogen and oxygen atoms in total. The highest BCUT2D eigenvalue weighted by atomic mass is 16.2. The Hall–Kier alpha value is -2.37. The van der Waals surface area contributed by atoms with Crippen molar-refractivity contribution >= 4 is 29.1 Å². The van der Waals surface area contributed by atoms with E-state index >= 15 is 0 Å². The first-order chi connectivity index (χ1) is 11.9. The molecule has 6 heteroatoms. The highest BCUT2D eigenvalue weighted by Gasteiger charge is 2.06. The van der Waals surface area contributed by atoms with Crippen LogP contribution in [0.2, 0.25) is 0 Å². The fourth-order valence-electron chi connectivity index (χ4n) is 2.29. The van der Waals surface area contributed by atoms with Crippen LogP contribution < -0.4 is 16.0 Å². The van der Waals surface area contributed by atoms with Crippen molar-refractivity contribution in [3.05, 3.63) is 24.3 Å². The van der Waals surface area contributed by atoms with Gasteiger partial charge in [-0.1, -0.05) is 20.3 Å². The minimum absolute atomic E-state index is 0.00829. The smallest absolute Gasteiger partial charge is 0.224 e. The second-order valence-electron chi connectivity index (χ2n) is 6.57. The maximum absolute atomic E-state index is 11.9. The van der Waals surface area contributed by atoms with E-state index in [1.165, 1.54) is 6.92 Å². The van der Waals surface area contributed by atoms with E-state index in [-0.39, 0.29) is 17.7 Å². The number of nitrogens with one attached hydrogen (secondary N) is 3. The molecule has 0 atom stereocenters. The fraction of sp³-hybridized carbons (Fsp3) is 0.526. The van der Waals surface area contributed by atoms with Crippen LogP contribution in [0.1, 0.15) is 52.9 Å². The van der Waals surface area contributed by atoms with Gasteiger partial charge in [-0.25, -0.2) is 0 Å². The Morgan fingerprint density at radius 3 is 1.96 bits per heavy atom. The lowest BCUT2D eigenvalue weighted by Gasteiger charge is -2.09. The number of unbranched alkanes of at least 4 members (excludes halogenated alkanes) is 2. The van der Waals surface area contributed by atoms with Gasteiger partial charge < -0.3 is 16.0 Å². The van der Waals surface area contributed by atoms with Gasteiger partial charge in [0.1, 0.15) is 0 Å². The number of carbonyl (C=O) groups is 3. The average Bonchev–Trinajstić information content (AvgIpc) is 2.51. The number of rotatable bonds is 10. The first-order valence-electron chi connectivity index (χ1n) is 8.81. The Labute approximate surface area is 149 Å². The SMILES string of the molecule is CC(=O)NCCCCCC(=O)Nc1ccc(NC(=O)CC(C)C)cc1. The molecule has 1 aromatic carbocycles. The molecule has 0 aliphatic carbocycles. The van der Waals surface area contributed by atoms with Crippen LogP contribution in [-0.4, -0.2) is 24.3 Å². The molecule has 3 amide bonds. The summed E-state index contributed by atoms with van der Waals surface area (Å²) in [6, 6.07) is 7.11. The number of benzene rings is 1. The van der Waals surface area contributed by atoms with E-state index in [9.17, 15) is 14.4 Å². The fourth-order valence-corrected chi connectivity index (χ4v) is 2.29. The normalized spacial score (nSPS) is 10.4. The van der Waals surface area contributed by atoms with Crippen molar-refractivity contribution in [1.82, 2.24) is 5.32 Å². The van der Waals surface area contributed by atoms with Crippen LogP contribution in [0.5, 0.6) is 0 Å². The Bertz CT molecular complexity index is 568. The van der Waals surface area contributed by atoms with Crippen LogP contribution in [0, 0.1) is 5.92 Å². The lowest BCUT2D eigenvalue weighted by molar-refractivity contribution is -0.119. The molecule has 0 spiro atoms. The molecule has 138 valence electrons. The molecule has 25 heavy (non-hydrogen) atoms. The van der Waals surface area contributed by atoms with E-state index in [0.29, 0.717) is 31.0 Å². The molecule has 0 aliphatic rings. The van der Waals surface area contributed by atoms with Gasteiger partial charge >= 0.3 is 0 Å². The molecule has 0 fully saturated rings. The minimum Gasteiger partial charge on any atom is -0.356 e. The van der Waals surface area contributed by atoms with E-state index in [2.05, 4.69) is 16.0 Å². The van der Waals surface area contributed by atoms with Crippen molar-refractivity contribution in [3.8, 4) is 0 Å². The number of anilines is 2. The highest BCUT2D eigenvalue weighted by molar-refractivity contribution is 5.93. The van der Waals surface area contributed by atoms with Crippen molar-refractivity contribution < 1.29 is 14.4 Å². The first kappa shape index (κ1) is 20.7. The number of hydrogen-bond acceptors (Lipinski definition) is 3. The van der Waals surface area contributed by atoms with Gasteiger partial charge in [0.05, 0.1) is 0 Å². The van der Waals surface area contributed by atoms with E-state index in [1.54, 1.807) is 24.3 Å². The number of hydrogen-bond donors (Lipinski definition) is 3. The zero-order valence-electron chi connectivity index (χ0n) is 15.4. The molecule has 0 unspecified atom stereocenters. The molecule has 0 bridgehead atoms. The van der Waals surface area contributed by atoms with Crippen LogP contribution in [0.3, 0.4) is 0 Å². The maximum Gasteiger partial charge on any atom is 0.224 e. The largest absolute Gasteiger partial charge is 0.356 e. The van der Waals surface area contributed by atoms with Gasteiger partial charge in [0, 0.05) is 37.7 Å². The van der Waals surface area contributed by atoms with E-state index in [4.69, 9.17) is 0 Å². The van der Waals surface area contributed by atoms with Crippen LogP contribution in [0.25, 0.3) is 0 Å². The topological polar surface area (TPSA) is 87.3 Å². The zero-order chi connectivity index (χ0) is 18.7. The molecule has 0 heterocycles. The Balaban J connectivity index is 2.26. The quantitative estimate of drug-likeness (QED) is 0.568. The molecule has 1 rings (SSSR count). The maximum atomic E-state index is 11.9. The molecule has 0 aromatic heterocycles. The monoisotopic (exact) mass is 347 g/mol. The van der Waals surface area contributed by atoms with Crippen molar-refractivity contribution in [2.45, 2.75) is 52.9 Å². The van der Waals surface area contributed by atoms with E-state index in [0.717, 1.165) is 24.9 Å². The standard InChI is InChI=1S/C19H29N3O3/c1-14(2)13-19(25)22-17-10-8-16(9-11-17)21-18(24)7-5-4-6-12-20-15(3)23/h8-11,14H,4-7,12-13H2,1-3H3,(H,20,23)(H,21,24)(H,22,25). The van der Waals surface area contributed by atoms with Crippen LogP contribution in [-0.2, 0) is 14.4 Å². The van der Waals surface area contributed by atoms with Gasteiger partial charge in [-0.05, 0) is 43.0 Å². The number of carbonyl (C=O) groups excluding carboxylic acids is 3. The molecule has 0 radical (unpaired) electrons. The average molecular weight is 347 g/mol. The lowest BCUT2D eigenvalue weighted by Crippen LogP contribution is -2.20. The summed E-state index contributed by atoms with van der Waals surface area (Å²) in [6.45, 7) is 6.14. The first-order valence-corrected chi connectivity index (χ1v) is 8.81. The van der Waals surface area contributed by atoms with Gasteiger partial charge in [-0.2, -0.15) is 0 Å². The summed E-state index contributed by atoms with van der Waals surface area (Å²) in [7, 11) is 0. The van der Waals surface area contributed by atoms with Crippen LogP contribution in [0.4, 0.5) is 11.4 Å². The predicted octanol–water partition coefficient (Wildman–Crippen LogP) is 3.31. The third-order valence-corrected chi connectivity index (χ3v) is 3.50. The molecular formula is C19H29N3O3. The van der Waals surface area contributed by atoms with Crippen LogP contribution >= 0.6 is 0 Å². The summed E-state index contributed by atoms with van der Waals surface area (Å²) >= 11 is 0. The molecule has 3 N–H and O–H groups in total. The van der Waals surface area contributed by atoms with Crippen LogP contribution in [0.15, 0.2) is 24.3 Å². The molecular weight excluding hydrogens is 318 g/mol. The lowest BCUT2D eigenvalue weighted by atomic mass is 10.1. The van der Waals surface area contributed by atoms with Gasteiger partial charge in [0.15, 0.2) is 0 Å². The minimum atomic E-state index is -0.0314. The summed E-state index contributed by atoms with van der Waals surface area (Å²) in [4.78, 5) is 34.3. The van der Waals surface area contributed by atoms with Gasteiger partial charge in [0.2, 0.25) is 17.7 Å². The molecule has 0 aliphatic heterocycles. The summed E-state index contributed by atoms with van der Waals surface area (Å²) in [5.74, 6) is 0.251. The van der Waals surface area contributed by atoms with Gasteiger partial charge in [-0.15, -0.1) is 0 Å². The second-order valence-corrected chi connectivity index (χ2v) is 6.57. The Kier molecular flexibility index (Phi) is 9.29. The summed E-state index contributed by atoms with van der Waals surface area (Å²) in [5.41, 5.74) is 1.44. The van der Waals surface area contributed by atoms with Gasteiger partial charge in [-0.3, -0.25) is 14.4 Å². The third-order valence-electron chi connectivity index (χ3n) is 3.50.